The Labute approximate surface area is 84.9 Å². The molecule has 74 valence electrons. The molecule has 0 spiro atoms. The molecule has 15 heavy (non-hydrogen) atoms. The molecule has 0 aromatic carbocycles. The SMILES string of the molecule is O=C1C=Cc2c[nH]c(=O)n3ccc(c23)C1. The van der Waals surface area contributed by atoms with Crippen molar-refractivity contribution < 1.29 is 4.79 Å². The molecule has 1 N–H and O–H groups in total. The van der Waals surface area contributed by atoms with E-state index in [1.807, 2.05) is 6.07 Å². The predicted octanol–water partition coefficient (Wildman–Crippen LogP) is 0.766. The number of aromatic amines is 1. The smallest absolute Gasteiger partial charge is 0.313 e. The third-order valence-electron chi connectivity index (χ3n) is 2.63. The first kappa shape index (κ1) is 8.23. The average Bonchev–Trinajstić information content (AvgIpc) is 2.55. The molecule has 2 aromatic heterocycles. The van der Waals surface area contributed by atoms with E-state index in [-0.39, 0.29) is 11.5 Å². The number of aromatic nitrogens is 2. The van der Waals surface area contributed by atoms with Crippen LogP contribution in [0.1, 0.15) is 11.1 Å². The molecule has 0 bridgehead atoms. The van der Waals surface area contributed by atoms with Gasteiger partial charge in [-0.1, -0.05) is 0 Å². The summed E-state index contributed by atoms with van der Waals surface area (Å²) in [6.07, 6.45) is 6.98. The molecule has 0 saturated carbocycles. The van der Waals surface area contributed by atoms with Crippen LogP contribution in [0.5, 0.6) is 0 Å². The van der Waals surface area contributed by atoms with Gasteiger partial charge in [0.05, 0.1) is 5.52 Å². The molecule has 0 unspecified atom stereocenters. The van der Waals surface area contributed by atoms with Crippen molar-refractivity contribution in [1.29, 1.82) is 0 Å². The second kappa shape index (κ2) is 2.70. The van der Waals surface area contributed by atoms with Crippen molar-refractivity contribution in [3.05, 3.63) is 46.1 Å². The number of hydrogen-bond donors (Lipinski definition) is 1. The Kier molecular flexibility index (Phi) is 1.48. The summed E-state index contributed by atoms with van der Waals surface area (Å²) in [5, 5.41) is 0. The molecule has 0 aliphatic heterocycles. The second-order valence-electron chi connectivity index (χ2n) is 3.59. The predicted molar refractivity (Wildman–Crippen MR) is 55.8 cm³/mol. The van der Waals surface area contributed by atoms with E-state index < -0.39 is 0 Å². The first-order valence-electron chi connectivity index (χ1n) is 4.68. The van der Waals surface area contributed by atoms with Crippen LogP contribution in [-0.2, 0) is 11.2 Å². The largest absolute Gasteiger partial charge is 0.330 e. The molecular weight excluding hydrogens is 192 g/mol. The quantitative estimate of drug-likeness (QED) is 0.682. The Morgan fingerprint density at radius 3 is 3.00 bits per heavy atom. The van der Waals surface area contributed by atoms with E-state index in [0.29, 0.717) is 6.42 Å². The third-order valence-corrected chi connectivity index (χ3v) is 2.63. The summed E-state index contributed by atoms with van der Waals surface area (Å²) in [5.74, 6) is 0.0618. The van der Waals surface area contributed by atoms with Gasteiger partial charge in [0.25, 0.3) is 0 Å². The molecule has 0 saturated heterocycles. The number of nitrogens with one attached hydrogen (secondary N) is 1. The van der Waals surface area contributed by atoms with Gasteiger partial charge in [0.15, 0.2) is 5.78 Å². The van der Waals surface area contributed by atoms with Crippen molar-refractivity contribution in [1.82, 2.24) is 9.38 Å². The van der Waals surface area contributed by atoms with Crippen LogP contribution in [0.15, 0.2) is 29.3 Å². The summed E-state index contributed by atoms with van der Waals surface area (Å²) in [6.45, 7) is 0. The fourth-order valence-corrected chi connectivity index (χ4v) is 1.94. The molecule has 1 aliphatic carbocycles. The van der Waals surface area contributed by atoms with Crippen LogP contribution in [-0.4, -0.2) is 15.2 Å². The van der Waals surface area contributed by atoms with Gasteiger partial charge in [0.2, 0.25) is 0 Å². The van der Waals surface area contributed by atoms with E-state index in [9.17, 15) is 9.59 Å². The van der Waals surface area contributed by atoms with Gasteiger partial charge in [-0.2, -0.15) is 0 Å². The highest BCUT2D eigenvalue weighted by molar-refractivity contribution is 5.99. The third kappa shape index (κ3) is 1.08. The summed E-state index contributed by atoms with van der Waals surface area (Å²) in [4.78, 5) is 25.5. The van der Waals surface area contributed by atoms with Crippen LogP contribution in [0, 0.1) is 0 Å². The van der Waals surface area contributed by atoms with E-state index in [4.69, 9.17) is 0 Å². The Balaban J connectivity index is 2.51. The van der Waals surface area contributed by atoms with Crippen molar-refractivity contribution in [2.75, 3.05) is 0 Å². The van der Waals surface area contributed by atoms with Gasteiger partial charge >= 0.3 is 5.69 Å². The Morgan fingerprint density at radius 2 is 2.13 bits per heavy atom. The van der Waals surface area contributed by atoms with Gasteiger partial charge in [-0.15, -0.1) is 0 Å². The molecule has 1 aliphatic rings. The number of carbonyl (C=O) groups is 1. The van der Waals surface area contributed by atoms with Gasteiger partial charge in [0, 0.05) is 24.4 Å². The van der Waals surface area contributed by atoms with Gasteiger partial charge in [0.1, 0.15) is 0 Å². The molecule has 0 fully saturated rings. The standard InChI is InChI=1S/C11H8N2O2/c14-9-2-1-8-6-12-11(15)13-4-3-7(5-9)10(8)13/h1-4,6H,5H2,(H,12,15). The zero-order chi connectivity index (χ0) is 10.4. The van der Waals surface area contributed by atoms with Crippen molar-refractivity contribution in [3.63, 3.8) is 0 Å². The van der Waals surface area contributed by atoms with E-state index in [1.165, 1.54) is 4.40 Å². The van der Waals surface area contributed by atoms with Crippen LogP contribution >= 0.6 is 0 Å². The first-order chi connectivity index (χ1) is 7.25. The maximum Gasteiger partial charge on any atom is 0.330 e. The molecule has 4 heteroatoms. The summed E-state index contributed by atoms with van der Waals surface area (Å²) < 4.78 is 1.54. The monoisotopic (exact) mass is 200 g/mol. The van der Waals surface area contributed by atoms with E-state index >= 15 is 0 Å². The normalized spacial score (nSPS) is 14.5. The van der Waals surface area contributed by atoms with Gasteiger partial charge in [-0.3, -0.25) is 9.20 Å². The molecule has 0 amide bonds. The molecule has 2 heterocycles. The maximum absolute atomic E-state index is 11.5. The lowest BCUT2D eigenvalue weighted by molar-refractivity contribution is -0.113. The fraction of sp³-hybridized carbons (Fsp3) is 0.0909. The minimum absolute atomic E-state index is 0.0618. The number of nitrogens with zero attached hydrogens (tertiary/aromatic N) is 1. The highest BCUT2D eigenvalue weighted by Crippen LogP contribution is 2.20. The van der Waals surface area contributed by atoms with Crippen molar-refractivity contribution in [2.24, 2.45) is 0 Å². The number of carbonyl (C=O) groups excluding carboxylic acids is 1. The molecule has 0 atom stereocenters. The molecule has 0 radical (unpaired) electrons. The number of H-pyrrole nitrogens is 1. The fourth-order valence-electron chi connectivity index (χ4n) is 1.94. The minimum Gasteiger partial charge on any atom is -0.313 e. The highest BCUT2D eigenvalue weighted by atomic mass is 16.1. The van der Waals surface area contributed by atoms with Crippen LogP contribution in [0.4, 0.5) is 0 Å². The van der Waals surface area contributed by atoms with Crippen molar-refractivity contribution in [2.45, 2.75) is 6.42 Å². The van der Waals surface area contributed by atoms with E-state index in [0.717, 1.165) is 16.6 Å². The maximum atomic E-state index is 11.5. The van der Waals surface area contributed by atoms with Crippen molar-refractivity contribution >= 4 is 17.4 Å². The summed E-state index contributed by atoms with van der Waals surface area (Å²) in [6, 6.07) is 1.82. The zero-order valence-electron chi connectivity index (χ0n) is 7.86. The number of rotatable bonds is 0. The van der Waals surface area contributed by atoms with E-state index in [1.54, 1.807) is 24.5 Å². The Hall–Kier alpha value is -2.10. The zero-order valence-corrected chi connectivity index (χ0v) is 7.86. The molecule has 4 nitrogen and oxygen atoms in total. The summed E-state index contributed by atoms with van der Waals surface area (Å²) in [5.41, 5.74) is 2.44. The summed E-state index contributed by atoms with van der Waals surface area (Å²) >= 11 is 0. The number of ketones is 1. The number of hydrogen-bond acceptors (Lipinski definition) is 2. The number of allylic oxidation sites excluding steroid dienone is 1. The Morgan fingerprint density at radius 1 is 1.27 bits per heavy atom. The van der Waals surface area contributed by atoms with E-state index in [2.05, 4.69) is 4.98 Å². The lowest BCUT2D eigenvalue weighted by atomic mass is 10.1. The lowest BCUT2D eigenvalue weighted by Crippen LogP contribution is -2.15. The molecule has 3 rings (SSSR count). The van der Waals surface area contributed by atoms with Gasteiger partial charge in [-0.25, -0.2) is 4.79 Å². The Bertz CT molecular complexity index is 646. The van der Waals surface area contributed by atoms with Gasteiger partial charge in [-0.05, 0) is 23.8 Å². The highest BCUT2D eigenvalue weighted by Gasteiger charge is 2.13. The van der Waals surface area contributed by atoms with Crippen LogP contribution in [0.25, 0.3) is 11.6 Å². The lowest BCUT2D eigenvalue weighted by Gasteiger charge is -1.99. The van der Waals surface area contributed by atoms with Crippen LogP contribution in [0.2, 0.25) is 0 Å². The summed E-state index contributed by atoms with van der Waals surface area (Å²) in [7, 11) is 0. The topological polar surface area (TPSA) is 54.3 Å². The molecular formula is C11H8N2O2. The second-order valence-corrected chi connectivity index (χ2v) is 3.59. The average molecular weight is 200 g/mol. The van der Waals surface area contributed by atoms with Gasteiger partial charge < -0.3 is 4.98 Å². The van der Waals surface area contributed by atoms with Crippen LogP contribution in [0.3, 0.4) is 0 Å². The van der Waals surface area contributed by atoms with Crippen LogP contribution < -0.4 is 5.69 Å². The minimum atomic E-state index is -0.178. The first-order valence-corrected chi connectivity index (χ1v) is 4.68. The van der Waals surface area contributed by atoms with Crippen molar-refractivity contribution in [3.8, 4) is 0 Å². The molecule has 2 aromatic rings.